The summed E-state index contributed by atoms with van der Waals surface area (Å²) in [7, 11) is 0. The molecule has 8 nitrogen and oxygen atoms in total. The molecule has 1 aliphatic heterocycles. The standard InChI is InChI=1S/C20H26N2O6/c1-4-15-18(19(24)26-5-2)16(22-20(25)21-15)12-28-17(23)9-10-27-14-8-6-7-13(3)11-14/h6-8,11,15H,4-5,9-10,12H2,1-3H3,(H2,21,22,25)/t15-/m0/s1. The Balaban J connectivity index is 1.93. The van der Waals surface area contributed by atoms with Crippen molar-refractivity contribution in [3.05, 3.63) is 41.1 Å². The van der Waals surface area contributed by atoms with Crippen molar-refractivity contribution >= 4 is 18.0 Å². The van der Waals surface area contributed by atoms with E-state index in [0.717, 1.165) is 5.56 Å². The second-order valence-corrected chi connectivity index (χ2v) is 6.25. The monoisotopic (exact) mass is 390 g/mol. The quantitative estimate of drug-likeness (QED) is 0.627. The Hall–Kier alpha value is -3.03. The topological polar surface area (TPSA) is 103 Å². The van der Waals surface area contributed by atoms with Crippen molar-refractivity contribution in [2.75, 3.05) is 19.8 Å². The van der Waals surface area contributed by atoms with Crippen molar-refractivity contribution in [2.24, 2.45) is 0 Å². The minimum Gasteiger partial charge on any atom is -0.493 e. The highest BCUT2D eigenvalue weighted by Gasteiger charge is 2.31. The number of amides is 2. The number of carbonyl (C=O) groups is 3. The molecule has 0 saturated heterocycles. The fourth-order valence-electron chi connectivity index (χ4n) is 2.76. The number of aryl methyl sites for hydroxylation is 1. The van der Waals surface area contributed by atoms with Gasteiger partial charge >= 0.3 is 18.0 Å². The summed E-state index contributed by atoms with van der Waals surface area (Å²) in [6, 6.07) is 6.56. The number of hydrogen-bond donors (Lipinski definition) is 2. The predicted octanol–water partition coefficient (Wildman–Crippen LogP) is 2.22. The number of carbonyl (C=O) groups excluding carboxylic acids is 3. The van der Waals surface area contributed by atoms with Crippen LogP contribution in [0.5, 0.6) is 5.75 Å². The molecule has 2 N–H and O–H groups in total. The summed E-state index contributed by atoms with van der Waals surface area (Å²) in [6.45, 7) is 5.63. The van der Waals surface area contributed by atoms with Gasteiger partial charge in [-0.2, -0.15) is 0 Å². The number of rotatable bonds is 9. The maximum atomic E-state index is 12.3. The second kappa shape index (κ2) is 10.3. The Bertz CT molecular complexity index is 759. The summed E-state index contributed by atoms with van der Waals surface area (Å²) < 4.78 is 15.8. The van der Waals surface area contributed by atoms with Crippen LogP contribution >= 0.6 is 0 Å². The van der Waals surface area contributed by atoms with Crippen LogP contribution in [0.3, 0.4) is 0 Å². The molecule has 1 aliphatic rings. The minimum atomic E-state index is -0.546. The molecule has 1 aromatic carbocycles. The first kappa shape index (κ1) is 21.3. The fraction of sp³-hybridized carbons (Fsp3) is 0.450. The number of hydrogen-bond acceptors (Lipinski definition) is 6. The molecule has 152 valence electrons. The molecular formula is C20H26N2O6. The molecule has 0 fully saturated rings. The molecule has 2 amide bonds. The minimum absolute atomic E-state index is 0.0410. The van der Waals surface area contributed by atoms with Crippen LogP contribution < -0.4 is 15.4 Å². The van der Waals surface area contributed by atoms with Gasteiger partial charge in [0.1, 0.15) is 12.4 Å². The summed E-state index contributed by atoms with van der Waals surface area (Å²) >= 11 is 0. The van der Waals surface area contributed by atoms with E-state index in [1.165, 1.54) is 0 Å². The number of ether oxygens (including phenoxy) is 3. The first-order chi connectivity index (χ1) is 13.4. The molecule has 1 aromatic rings. The SMILES string of the molecule is CCOC(=O)C1=C(COC(=O)CCOc2cccc(C)c2)NC(=O)N[C@H]1CC. The molecule has 0 bridgehead atoms. The molecule has 0 spiro atoms. The lowest BCUT2D eigenvalue weighted by Crippen LogP contribution is -2.51. The molecule has 0 radical (unpaired) electrons. The Morgan fingerprint density at radius 2 is 1.96 bits per heavy atom. The average Bonchev–Trinajstić information content (AvgIpc) is 2.66. The molecule has 2 rings (SSSR count). The van der Waals surface area contributed by atoms with E-state index in [4.69, 9.17) is 14.2 Å². The van der Waals surface area contributed by atoms with Crippen molar-refractivity contribution in [3.8, 4) is 5.75 Å². The van der Waals surface area contributed by atoms with Crippen molar-refractivity contribution in [1.29, 1.82) is 0 Å². The summed E-state index contributed by atoms with van der Waals surface area (Å²) in [5, 5.41) is 5.19. The van der Waals surface area contributed by atoms with E-state index in [0.29, 0.717) is 12.2 Å². The largest absolute Gasteiger partial charge is 0.493 e. The predicted molar refractivity (Wildman–Crippen MR) is 102 cm³/mol. The van der Waals surface area contributed by atoms with Crippen LogP contribution in [-0.2, 0) is 19.1 Å². The molecule has 0 aromatic heterocycles. The van der Waals surface area contributed by atoms with E-state index in [9.17, 15) is 14.4 Å². The maximum absolute atomic E-state index is 12.3. The van der Waals surface area contributed by atoms with Gasteiger partial charge in [-0.05, 0) is 38.0 Å². The van der Waals surface area contributed by atoms with E-state index >= 15 is 0 Å². The van der Waals surface area contributed by atoms with Crippen LogP contribution in [0.2, 0.25) is 0 Å². The lowest BCUT2D eigenvalue weighted by Gasteiger charge is -2.28. The van der Waals surface area contributed by atoms with Gasteiger partial charge in [0.05, 0.1) is 36.9 Å². The van der Waals surface area contributed by atoms with Gasteiger partial charge in [-0.3, -0.25) is 4.79 Å². The highest BCUT2D eigenvalue weighted by Crippen LogP contribution is 2.17. The Morgan fingerprint density at radius 3 is 2.64 bits per heavy atom. The number of urea groups is 1. The van der Waals surface area contributed by atoms with Gasteiger partial charge in [0.15, 0.2) is 0 Å². The molecule has 1 atom stereocenters. The fourth-order valence-corrected chi connectivity index (χ4v) is 2.76. The van der Waals surface area contributed by atoms with Gasteiger partial charge in [-0.1, -0.05) is 19.1 Å². The Morgan fingerprint density at radius 1 is 1.18 bits per heavy atom. The van der Waals surface area contributed by atoms with Crippen molar-refractivity contribution in [1.82, 2.24) is 10.6 Å². The third-order valence-corrected chi connectivity index (χ3v) is 4.09. The number of esters is 2. The van der Waals surface area contributed by atoms with Gasteiger partial charge in [-0.15, -0.1) is 0 Å². The van der Waals surface area contributed by atoms with Gasteiger partial charge in [0.25, 0.3) is 0 Å². The summed E-state index contributed by atoms with van der Waals surface area (Å²) in [6.07, 6.45) is 0.544. The summed E-state index contributed by atoms with van der Waals surface area (Å²) in [4.78, 5) is 36.1. The van der Waals surface area contributed by atoms with E-state index in [-0.39, 0.29) is 37.5 Å². The van der Waals surface area contributed by atoms with Gasteiger partial charge in [0.2, 0.25) is 0 Å². The van der Waals surface area contributed by atoms with Gasteiger partial charge in [-0.25, -0.2) is 9.59 Å². The lowest BCUT2D eigenvalue weighted by atomic mass is 10.0. The van der Waals surface area contributed by atoms with Gasteiger partial charge < -0.3 is 24.8 Å². The van der Waals surface area contributed by atoms with Crippen LogP contribution in [0.25, 0.3) is 0 Å². The zero-order valence-electron chi connectivity index (χ0n) is 16.4. The van der Waals surface area contributed by atoms with Crippen molar-refractivity contribution in [2.45, 2.75) is 39.7 Å². The molecule has 1 heterocycles. The first-order valence-electron chi connectivity index (χ1n) is 9.27. The highest BCUT2D eigenvalue weighted by atomic mass is 16.5. The van der Waals surface area contributed by atoms with Crippen LogP contribution in [0.4, 0.5) is 4.79 Å². The molecule has 28 heavy (non-hydrogen) atoms. The molecule has 0 aliphatic carbocycles. The third-order valence-electron chi connectivity index (χ3n) is 4.09. The maximum Gasteiger partial charge on any atom is 0.338 e. The number of nitrogens with one attached hydrogen (secondary N) is 2. The normalized spacial score (nSPS) is 16.1. The summed E-state index contributed by atoms with van der Waals surface area (Å²) in [5.41, 5.74) is 1.57. The van der Waals surface area contributed by atoms with Crippen LogP contribution in [-0.4, -0.2) is 43.8 Å². The Kier molecular flexibility index (Phi) is 7.86. The molecular weight excluding hydrogens is 364 g/mol. The average molecular weight is 390 g/mol. The van der Waals surface area contributed by atoms with Crippen LogP contribution in [0, 0.1) is 6.92 Å². The van der Waals surface area contributed by atoms with E-state index in [1.54, 1.807) is 6.92 Å². The van der Waals surface area contributed by atoms with E-state index in [2.05, 4.69) is 10.6 Å². The highest BCUT2D eigenvalue weighted by molar-refractivity contribution is 5.94. The molecule has 8 heteroatoms. The van der Waals surface area contributed by atoms with Crippen molar-refractivity contribution in [3.63, 3.8) is 0 Å². The van der Waals surface area contributed by atoms with Crippen molar-refractivity contribution < 1.29 is 28.6 Å². The number of benzene rings is 1. The lowest BCUT2D eigenvalue weighted by molar-refractivity contribution is -0.144. The molecule has 0 unspecified atom stereocenters. The van der Waals surface area contributed by atoms with Crippen LogP contribution in [0.15, 0.2) is 35.5 Å². The molecule has 0 saturated carbocycles. The zero-order chi connectivity index (χ0) is 20.5. The van der Waals surface area contributed by atoms with E-state index in [1.807, 2.05) is 38.1 Å². The third kappa shape index (κ3) is 6.00. The summed E-state index contributed by atoms with van der Waals surface area (Å²) in [5.74, 6) is -0.364. The Labute approximate surface area is 164 Å². The smallest absolute Gasteiger partial charge is 0.338 e. The van der Waals surface area contributed by atoms with Gasteiger partial charge in [0, 0.05) is 0 Å². The zero-order valence-corrected chi connectivity index (χ0v) is 16.4. The van der Waals surface area contributed by atoms with Crippen LogP contribution in [0.1, 0.15) is 32.3 Å². The van der Waals surface area contributed by atoms with E-state index < -0.39 is 24.0 Å². The second-order valence-electron chi connectivity index (χ2n) is 6.25. The first-order valence-corrected chi connectivity index (χ1v) is 9.27.